The molecule has 1 aliphatic heterocycles. The van der Waals surface area contributed by atoms with Gasteiger partial charge in [-0.15, -0.1) is 0 Å². The molecule has 1 fully saturated rings. The third-order valence-electron chi connectivity index (χ3n) is 2.91. The van der Waals surface area contributed by atoms with Crippen LogP contribution in [-0.2, 0) is 4.79 Å². The number of nitrogens with two attached hydrogens (primary N) is 1. The van der Waals surface area contributed by atoms with Crippen molar-refractivity contribution >= 4 is 17.9 Å². The summed E-state index contributed by atoms with van der Waals surface area (Å²) in [7, 11) is 0. The van der Waals surface area contributed by atoms with Crippen LogP contribution in [0.4, 0.5) is 11.5 Å². The van der Waals surface area contributed by atoms with Crippen molar-refractivity contribution in [3.05, 3.63) is 18.3 Å². The summed E-state index contributed by atoms with van der Waals surface area (Å²) in [4.78, 5) is 16.9. The van der Waals surface area contributed by atoms with Gasteiger partial charge in [0.15, 0.2) is 0 Å². The molecule has 16 heavy (non-hydrogen) atoms. The third kappa shape index (κ3) is 2.14. The number of hydrogen-bond acceptors (Lipinski definition) is 4. The lowest BCUT2D eigenvalue weighted by molar-refractivity contribution is -0.108. The highest BCUT2D eigenvalue weighted by Gasteiger charge is 2.22. The minimum Gasteiger partial charge on any atom is -0.382 e. The van der Waals surface area contributed by atoms with Crippen molar-refractivity contribution in [1.29, 1.82) is 0 Å². The summed E-state index contributed by atoms with van der Waals surface area (Å²) in [6, 6.07) is 3.85. The van der Waals surface area contributed by atoms with E-state index in [-0.39, 0.29) is 6.04 Å². The first-order chi connectivity index (χ1) is 7.83. The molecule has 0 unspecified atom stereocenters. The average Bonchev–Trinajstić information content (AvgIpc) is 2.34. The quantitative estimate of drug-likeness (QED) is 0.722. The molecule has 0 bridgehead atoms. The van der Waals surface area contributed by atoms with Crippen LogP contribution in [0.15, 0.2) is 18.3 Å². The topological polar surface area (TPSA) is 71.2 Å². The molecule has 5 nitrogen and oxygen atoms in total. The predicted molar refractivity (Wildman–Crippen MR) is 63.1 cm³/mol. The average molecular weight is 220 g/mol. The van der Waals surface area contributed by atoms with E-state index in [1.165, 1.54) is 0 Å². The number of hydrogen-bond donors (Lipinski definition) is 2. The van der Waals surface area contributed by atoms with E-state index < -0.39 is 0 Å². The van der Waals surface area contributed by atoms with E-state index in [0.29, 0.717) is 11.5 Å². The number of amides is 1. The molecule has 1 amide bonds. The number of carbonyl (C=O) groups is 1. The summed E-state index contributed by atoms with van der Waals surface area (Å²) in [5.74, 6) is 0.410. The van der Waals surface area contributed by atoms with Crippen molar-refractivity contribution in [2.75, 3.05) is 23.7 Å². The van der Waals surface area contributed by atoms with E-state index in [1.54, 1.807) is 17.2 Å². The van der Waals surface area contributed by atoms with Gasteiger partial charge in [-0.25, -0.2) is 4.98 Å². The highest BCUT2D eigenvalue weighted by molar-refractivity contribution is 5.81. The number of piperidine rings is 1. The largest absolute Gasteiger partial charge is 0.382 e. The maximum atomic E-state index is 11.2. The number of anilines is 2. The SMILES string of the molecule is Nc1ncccc1N(C=O)C1CCNCC1. The molecular formula is C11H16N4O. The molecule has 2 heterocycles. The highest BCUT2D eigenvalue weighted by atomic mass is 16.1. The Morgan fingerprint density at radius 2 is 2.25 bits per heavy atom. The molecule has 0 spiro atoms. The van der Waals surface area contributed by atoms with E-state index >= 15 is 0 Å². The monoisotopic (exact) mass is 220 g/mol. The van der Waals surface area contributed by atoms with E-state index in [4.69, 9.17) is 5.73 Å². The van der Waals surface area contributed by atoms with E-state index in [1.807, 2.05) is 6.07 Å². The van der Waals surface area contributed by atoms with Crippen molar-refractivity contribution in [3.8, 4) is 0 Å². The minimum atomic E-state index is 0.227. The molecule has 1 aromatic rings. The van der Waals surface area contributed by atoms with Crippen LogP contribution in [0, 0.1) is 0 Å². The summed E-state index contributed by atoms with van der Waals surface area (Å²) in [5.41, 5.74) is 6.49. The number of carbonyl (C=O) groups excluding carboxylic acids is 1. The molecule has 0 saturated carbocycles. The molecule has 1 aliphatic rings. The standard InChI is InChI=1S/C11H16N4O/c12-11-10(2-1-5-14-11)15(8-16)9-3-6-13-7-4-9/h1-2,5,8-9,13H,3-4,6-7H2,(H2,12,14). The minimum absolute atomic E-state index is 0.227. The number of aromatic nitrogens is 1. The zero-order valence-electron chi connectivity index (χ0n) is 9.10. The number of nitrogens with zero attached hydrogens (tertiary/aromatic N) is 2. The molecule has 86 valence electrons. The van der Waals surface area contributed by atoms with Crippen LogP contribution in [0.3, 0.4) is 0 Å². The van der Waals surface area contributed by atoms with Gasteiger partial charge in [0.25, 0.3) is 0 Å². The first-order valence-corrected chi connectivity index (χ1v) is 5.48. The van der Waals surface area contributed by atoms with Gasteiger partial charge in [0.05, 0.1) is 5.69 Å². The van der Waals surface area contributed by atoms with Gasteiger partial charge in [0.2, 0.25) is 6.41 Å². The van der Waals surface area contributed by atoms with Crippen LogP contribution in [0.5, 0.6) is 0 Å². The summed E-state index contributed by atoms with van der Waals surface area (Å²) in [6.07, 6.45) is 4.38. The van der Waals surface area contributed by atoms with Gasteiger partial charge < -0.3 is 16.0 Å². The molecule has 1 saturated heterocycles. The Morgan fingerprint density at radius 1 is 1.50 bits per heavy atom. The van der Waals surface area contributed by atoms with Crippen LogP contribution in [0.1, 0.15) is 12.8 Å². The molecule has 0 aromatic carbocycles. The lowest BCUT2D eigenvalue weighted by Gasteiger charge is -2.32. The normalized spacial score (nSPS) is 17.0. The molecule has 5 heteroatoms. The van der Waals surface area contributed by atoms with Gasteiger partial charge >= 0.3 is 0 Å². The maximum Gasteiger partial charge on any atom is 0.214 e. The fraction of sp³-hybridized carbons (Fsp3) is 0.455. The highest BCUT2D eigenvalue weighted by Crippen LogP contribution is 2.24. The summed E-state index contributed by atoms with van der Waals surface area (Å²) in [5, 5.41) is 3.27. The van der Waals surface area contributed by atoms with Gasteiger partial charge in [0.1, 0.15) is 5.82 Å². The Bertz CT molecular complexity index is 363. The Kier molecular flexibility index (Phi) is 3.36. The van der Waals surface area contributed by atoms with Crippen LogP contribution >= 0.6 is 0 Å². The maximum absolute atomic E-state index is 11.2. The van der Waals surface area contributed by atoms with Crippen molar-refractivity contribution in [2.45, 2.75) is 18.9 Å². The van der Waals surface area contributed by atoms with Gasteiger partial charge in [0, 0.05) is 12.2 Å². The first kappa shape index (κ1) is 10.9. The van der Waals surface area contributed by atoms with Crippen molar-refractivity contribution in [1.82, 2.24) is 10.3 Å². The molecule has 0 radical (unpaired) electrons. The first-order valence-electron chi connectivity index (χ1n) is 5.48. The Hall–Kier alpha value is -1.62. The lowest BCUT2D eigenvalue weighted by Crippen LogP contribution is -2.42. The summed E-state index contributed by atoms with van der Waals surface area (Å²) < 4.78 is 0. The second kappa shape index (κ2) is 4.94. The predicted octanol–water partition coefficient (Wildman–Crippen LogP) is 0.379. The summed E-state index contributed by atoms with van der Waals surface area (Å²) in [6.45, 7) is 1.88. The molecule has 2 rings (SSSR count). The van der Waals surface area contributed by atoms with Crippen molar-refractivity contribution < 1.29 is 4.79 Å². The van der Waals surface area contributed by atoms with E-state index in [0.717, 1.165) is 32.3 Å². The van der Waals surface area contributed by atoms with Crippen LogP contribution in [0.25, 0.3) is 0 Å². The van der Waals surface area contributed by atoms with E-state index in [9.17, 15) is 4.79 Å². The van der Waals surface area contributed by atoms with Gasteiger partial charge in [-0.05, 0) is 38.1 Å². The molecule has 3 N–H and O–H groups in total. The third-order valence-corrected chi connectivity index (χ3v) is 2.91. The Labute approximate surface area is 94.6 Å². The fourth-order valence-corrected chi connectivity index (χ4v) is 2.05. The number of pyridine rings is 1. The molecule has 1 aromatic heterocycles. The fourth-order valence-electron chi connectivity index (χ4n) is 2.05. The van der Waals surface area contributed by atoms with Gasteiger partial charge in [-0.1, -0.05) is 0 Å². The van der Waals surface area contributed by atoms with Crippen molar-refractivity contribution in [3.63, 3.8) is 0 Å². The van der Waals surface area contributed by atoms with Gasteiger partial charge in [-0.2, -0.15) is 0 Å². The zero-order chi connectivity index (χ0) is 11.4. The van der Waals surface area contributed by atoms with E-state index in [2.05, 4.69) is 10.3 Å². The molecule has 0 aliphatic carbocycles. The molecular weight excluding hydrogens is 204 g/mol. The Morgan fingerprint density at radius 3 is 2.88 bits per heavy atom. The lowest BCUT2D eigenvalue weighted by atomic mass is 10.0. The number of nitrogen functional groups attached to an aromatic ring is 1. The van der Waals surface area contributed by atoms with Crippen LogP contribution < -0.4 is 16.0 Å². The number of rotatable bonds is 3. The Balaban J connectivity index is 2.21. The smallest absolute Gasteiger partial charge is 0.214 e. The summed E-state index contributed by atoms with van der Waals surface area (Å²) >= 11 is 0. The second-order valence-electron chi connectivity index (χ2n) is 3.90. The zero-order valence-corrected chi connectivity index (χ0v) is 9.10. The number of nitrogens with one attached hydrogen (secondary N) is 1. The van der Waals surface area contributed by atoms with Gasteiger partial charge in [-0.3, -0.25) is 4.79 Å². The van der Waals surface area contributed by atoms with Crippen molar-refractivity contribution in [2.24, 2.45) is 0 Å². The molecule has 0 atom stereocenters. The van der Waals surface area contributed by atoms with Crippen LogP contribution in [-0.4, -0.2) is 30.5 Å². The second-order valence-corrected chi connectivity index (χ2v) is 3.90. The van der Waals surface area contributed by atoms with Crippen LogP contribution in [0.2, 0.25) is 0 Å².